The van der Waals surface area contributed by atoms with Crippen molar-refractivity contribution in [2.75, 3.05) is 13.2 Å². The van der Waals surface area contributed by atoms with Gasteiger partial charge in [-0.2, -0.15) is 0 Å². The molecule has 0 aliphatic rings. The van der Waals surface area contributed by atoms with Gasteiger partial charge in [-0.3, -0.25) is 9.59 Å². The van der Waals surface area contributed by atoms with Crippen LogP contribution in [0.4, 0.5) is 4.39 Å². The van der Waals surface area contributed by atoms with Crippen molar-refractivity contribution in [3.05, 3.63) is 34.6 Å². The summed E-state index contributed by atoms with van der Waals surface area (Å²) >= 11 is 5.63. The molecule has 0 aromatic heterocycles. The minimum Gasteiger partial charge on any atom is -0.465 e. The highest BCUT2D eigenvalue weighted by molar-refractivity contribution is 6.30. The van der Waals surface area contributed by atoms with E-state index in [-0.39, 0.29) is 23.8 Å². The largest absolute Gasteiger partial charge is 0.465 e. The number of ether oxygens (including phenoxy) is 2. The van der Waals surface area contributed by atoms with E-state index in [1.165, 1.54) is 6.07 Å². The van der Waals surface area contributed by atoms with Crippen LogP contribution in [0.1, 0.15) is 25.5 Å². The second-order valence-corrected chi connectivity index (χ2v) is 4.51. The average molecular weight is 319 g/mol. The first-order chi connectivity index (χ1) is 9.92. The number of rotatable bonds is 6. The normalized spacial score (nSPS) is 12.1. The first-order valence-corrected chi connectivity index (χ1v) is 6.76. The maximum Gasteiger partial charge on any atom is 0.323 e. The third-order valence-corrected chi connectivity index (χ3v) is 2.97. The summed E-state index contributed by atoms with van der Waals surface area (Å²) in [4.78, 5) is 23.7. The van der Waals surface area contributed by atoms with E-state index in [0.29, 0.717) is 0 Å². The topological polar surface area (TPSA) is 72.8 Å². The van der Waals surface area contributed by atoms with Gasteiger partial charge >= 0.3 is 11.9 Å². The van der Waals surface area contributed by atoms with Crippen molar-refractivity contribution >= 4 is 23.5 Å². The van der Waals surface area contributed by atoms with E-state index in [2.05, 4.69) is 0 Å². The predicted octanol–water partition coefficient (Wildman–Crippen LogP) is 2.25. The zero-order chi connectivity index (χ0) is 16.0. The third kappa shape index (κ3) is 4.41. The van der Waals surface area contributed by atoms with Crippen LogP contribution in [0.25, 0.3) is 0 Å². The summed E-state index contributed by atoms with van der Waals surface area (Å²) in [6.45, 7) is 3.24. The zero-order valence-corrected chi connectivity index (χ0v) is 12.4. The number of carbonyl (C=O) groups is 2. The van der Waals surface area contributed by atoms with Gasteiger partial charge in [-0.25, -0.2) is 4.39 Å². The molecule has 116 valence electrons. The van der Waals surface area contributed by atoms with Gasteiger partial charge in [0.2, 0.25) is 0 Å². The Kier molecular flexibility index (Phi) is 6.58. The van der Waals surface area contributed by atoms with E-state index in [9.17, 15) is 19.1 Å². The zero-order valence-electron chi connectivity index (χ0n) is 11.6. The molecule has 1 N–H and O–H groups in total. The molecular weight excluding hydrogens is 303 g/mol. The van der Waals surface area contributed by atoms with Crippen LogP contribution < -0.4 is 0 Å². The van der Waals surface area contributed by atoms with Crippen LogP contribution >= 0.6 is 11.6 Å². The Balaban J connectivity index is 3.08. The highest BCUT2D eigenvalue weighted by atomic mass is 35.5. The number of aliphatic hydroxyl groups is 1. The molecule has 1 unspecified atom stereocenters. The van der Waals surface area contributed by atoms with E-state index in [4.69, 9.17) is 21.1 Å². The molecule has 0 saturated carbocycles. The van der Waals surface area contributed by atoms with Gasteiger partial charge in [-0.05, 0) is 31.5 Å². The minimum absolute atomic E-state index is 0.0473. The summed E-state index contributed by atoms with van der Waals surface area (Å²) in [5.41, 5.74) is 0.118. The number of hydrogen-bond acceptors (Lipinski definition) is 5. The monoisotopic (exact) mass is 318 g/mol. The molecule has 0 saturated heterocycles. The van der Waals surface area contributed by atoms with Crippen LogP contribution in [0, 0.1) is 11.7 Å². The Hall–Kier alpha value is -1.66. The van der Waals surface area contributed by atoms with E-state index in [0.717, 1.165) is 12.1 Å². The maximum atomic E-state index is 13.1. The molecular formula is C14H16ClFO5. The standard InChI is InChI=1S/C14H16ClFO5/c1-3-20-13(18)11(14(19)21-4-2)12(17)8-5-6-10(16)9(15)7-8/h5-7,11-12,17H,3-4H2,1-2H3. The van der Waals surface area contributed by atoms with E-state index in [1.807, 2.05) is 0 Å². The average Bonchev–Trinajstić information content (AvgIpc) is 2.42. The molecule has 1 rings (SSSR count). The molecule has 0 heterocycles. The summed E-state index contributed by atoms with van der Waals surface area (Å²) in [6, 6.07) is 3.42. The lowest BCUT2D eigenvalue weighted by Crippen LogP contribution is -2.33. The van der Waals surface area contributed by atoms with Crippen molar-refractivity contribution in [1.82, 2.24) is 0 Å². The molecule has 0 aliphatic carbocycles. The Morgan fingerprint density at radius 2 is 1.76 bits per heavy atom. The van der Waals surface area contributed by atoms with Crippen molar-refractivity contribution in [2.45, 2.75) is 20.0 Å². The maximum absolute atomic E-state index is 13.1. The van der Waals surface area contributed by atoms with Crippen LogP contribution in [-0.4, -0.2) is 30.3 Å². The van der Waals surface area contributed by atoms with Gasteiger partial charge in [0.25, 0.3) is 0 Å². The number of esters is 2. The van der Waals surface area contributed by atoms with E-state index >= 15 is 0 Å². The lowest BCUT2D eigenvalue weighted by molar-refractivity contribution is -0.167. The first kappa shape index (κ1) is 17.4. The predicted molar refractivity (Wildman–Crippen MR) is 73.1 cm³/mol. The van der Waals surface area contributed by atoms with Gasteiger partial charge in [0.15, 0.2) is 5.92 Å². The van der Waals surface area contributed by atoms with Crippen molar-refractivity contribution in [1.29, 1.82) is 0 Å². The van der Waals surface area contributed by atoms with Crippen molar-refractivity contribution < 1.29 is 28.6 Å². The molecule has 0 radical (unpaired) electrons. The van der Waals surface area contributed by atoms with E-state index in [1.54, 1.807) is 13.8 Å². The molecule has 5 nitrogen and oxygen atoms in total. The number of halogens is 2. The Bertz CT molecular complexity index is 502. The highest BCUT2D eigenvalue weighted by Crippen LogP contribution is 2.27. The quantitative estimate of drug-likeness (QED) is 0.643. The molecule has 0 amide bonds. The summed E-state index contributed by atoms with van der Waals surface area (Å²) in [5.74, 6) is -4.05. The fourth-order valence-corrected chi connectivity index (χ4v) is 1.90. The lowest BCUT2D eigenvalue weighted by atomic mass is 9.95. The van der Waals surface area contributed by atoms with Crippen LogP contribution in [-0.2, 0) is 19.1 Å². The smallest absolute Gasteiger partial charge is 0.323 e. The van der Waals surface area contributed by atoms with Crippen LogP contribution in [0.15, 0.2) is 18.2 Å². The first-order valence-electron chi connectivity index (χ1n) is 6.38. The van der Waals surface area contributed by atoms with Gasteiger partial charge in [0, 0.05) is 0 Å². The molecule has 0 aliphatic heterocycles. The summed E-state index contributed by atoms with van der Waals surface area (Å²) < 4.78 is 22.6. The highest BCUT2D eigenvalue weighted by Gasteiger charge is 2.37. The Labute approximate surface area is 126 Å². The summed E-state index contributed by atoms with van der Waals surface area (Å²) in [7, 11) is 0. The second kappa shape index (κ2) is 7.95. The Morgan fingerprint density at radius 1 is 1.24 bits per heavy atom. The van der Waals surface area contributed by atoms with Gasteiger partial charge in [-0.15, -0.1) is 0 Å². The molecule has 0 fully saturated rings. The Morgan fingerprint density at radius 3 is 2.19 bits per heavy atom. The SMILES string of the molecule is CCOC(=O)C(C(=O)OCC)C(O)c1ccc(F)c(Cl)c1. The summed E-state index contributed by atoms with van der Waals surface area (Å²) in [6.07, 6.45) is -1.54. The van der Waals surface area contributed by atoms with Gasteiger partial charge in [-0.1, -0.05) is 17.7 Å². The van der Waals surface area contributed by atoms with Crippen LogP contribution in [0.5, 0.6) is 0 Å². The second-order valence-electron chi connectivity index (χ2n) is 4.10. The van der Waals surface area contributed by atoms with Crippen molar-refractivity contribution in [3.8, 4) is 0 Å². The van der Waals surface area contributed by atoms with Gasteiger partial charge in [0.05, 0.1) is 18.2 Å². The molecule has 1 aromatic rings. The summed E-state index contributed by atoms with van der Waals surface area (Å²) in [5, 5.41) is 9.98. The number of benzene rings is 1. The molecule has 21 heavy (non-hydrogen) atoms. The molecule has 0 spiro atoms. The minimum atomic E-state index is -1.55. The van der Waals surface area contributed by atoms with E-state index < -0.39 is 29.8 Å². The van der Waals surface area contributed by atoms with Crippen molar-refractivity contribution in [3.63, 3.8) is 0 Å². The van der Waals surface area contributed by atoms with Crippen molar-refractivity contribution in [2.24, 2.45) is 5.92 Å². The van der Waals surface area contributed by atoms with Crippen LogP contribution in [0.3, 0.4) is 0 Å². The van der Waals surface area contributed by atoms with Gasteiger partial charge in [0.1, 0.15) is 11.9 Å². The fraction of sp³-hybridized carbons (Fsp3) is 0.429. The molecule has 0 bridgehead atoms. The van der Waals surface area contributed by atoms with Gasteiger partial charge < -0.3 is 14.6 Å². The number of carbonyl (C=O) groups excluding carboxylic acids is 2. The fourth-order valence-electron chi connectivity index (χ4n) is 1.71. The number of hydrogen-bond donors (Lipinski definition) is 1. The lowest BCUT2D eigenvalue weighted by Gasteiger charge is -2.20. The third-order valence-electron chi connectivity index (χ3n) is 2.68. The molecule has 7 heteroatoms. The molecule has 1 atom stereocenters. The molecule has 1 aromatic carbocycles. The number of aliphatic hydroxyl groups excluding tert-OH is 1. The van der Waals surface area contributed by atoms with Crippen LogP contribution in [0.2, 0.25) is 5.02 Å².